The maximum Gasteiger partial charge on any atom is 0.337 e. The van der Waals surface area contributed by atoms with Crippen LogP contribution in [0.4, 0.5) is 0 Å². The molecule has 24 heavy (non-hydrogen) atoms. The van der Waals surface area contributed by atoms with Crippen LogP contribution in [0.15, 0.2) is 42.5 Å². The van der Waals surface area contributed by atoms with Crippen LogP contribution in [0.1, 0.15) is 40.9 Å². The highest BCUT2D eigenvalue weighted by atomic mass is 16.5. The molecule has 0 aliphatic heterocycles. The van der Waals surface area contributed by atoms with Gasteiger partial charge >= 0.3 is 5.97 Å². The van der Waals surface area contributed by atoms with E-state index < -0.39 is 6.10 Å². The molecule has 0 radical (unpaired) electrons. The van der Waals surface area contributed by atoms with Crippen molar-refractivity contribution in [2.24, 2.45) is 0 Å². The molecule has 128 valence electrons. The number of ether oxygens (including phenoxy) is 3. The fourth-order valence-corrected chi connectivity index (χ4v) is 2.26. The minimum absolute atomic E-state index is 0.341. The second-order valence-electron chi connectivity index (χ2n) is 5.31. The molecule has 0 fully saturated rings. The molecule has 0 saturated carbocycles. The highest BCUT2D eigenvalue weighted by Crippen LogP contribution is 2.31. The minimum atomic E-state index is -0.515. The Morgan fingerprint density at radius 1 is 1.08 bits per heavy atom. The molecule has 0 aliphatic carbocycles. The van der Waals surface area contributed by atoms with Gasteiger partial charge in [0.2, 0.25) is 0 Å². The summed E-state index contributed by atoms with van der Waals surface area (Å²) in [6, 6.07) is 12.4. The van der Waals surface area contributed by atoms with Crippen LogP contribution in [0, 0.1) is 0 Å². The van der Waals surface area contributed by atoms with Crippen LogP contribution in [0.3, 0.4) is 0 Å². The van der Waals surface area contributed by atoms with E-state index in [-0.39, 0.29) is 5.97 Å². The number of esters is 1. The number of benzene rings is 2. The first-order valence-corrected chi connectivity index (χ1v) is 7.75. The van der Waals surface area contributed by atoms with E-state index in [2.05, 4.69) is 4.74 Å². The Bertz CT molecular complexity index is 679. The quantitative estimate of drug-likeness (QED) is 0.787. The Morgan fingerprint density at radius 3 is 2.38 bits per heavy atom. The van der Waals surface area contributed by atoms with Crippen LogP contribution < -0.4 is 9.47 Å². The van der Waals surface area contributed by atoms with E-state index in [1.165, 1.54) is 7.11 Å². The summed E-state index contributed by atoms with van der Waals surface area (Å²) in [6.45, 7) is 2.26. The monoisotopic (exact) mass is 330 g/mol. The SMILES string of the molecule is CC[C@@H](O)c1ccc(OCc2ccc(C(=O)OC)cc2)c(OC)c1. The molecule has 0 saturated heterocycles. The van der Waals surface area contributed by atoms with Gasteiger partial charge < -0.3 is 19.3 Å². The zero-order valence-corrected chi connectivity index (χ0v) is 14.1. The molecule has 0 amide bonds. The van der Waals surface area contributed by atoms with Crippen LogP contribution in [0.5, 0.6) is 11.5 Å². The van der Waals surface area contributed by atoms with Gasteiger partial charge in [-0.25, -0.2) is 4.79 Å². The van der Waals surface area contributed by atoms with Crippen LogP contribution in [-0.4, -0.2) is 25.3 Å². The fraction of sp³-hybridized carbons (Fsp3) is 0.316. The molecule has 0 aliphatic rings. The van der Waals surface area contributed by atoms with E-state index in [9.17, 15) is 9.90 Å². The molecule has 1 atom stereocenters. The summed E-state index contributed by atoms with van der Waals surface area (Å²) in [4.78, 5) is 11.4. The van der Waals surface area contributed by atoms with E-state index in [1.807, 2.05) is 25.1 Å². The van der Waals surface area contributed by atoms with E-state index in [4.69, 9.17) is 9.47 Å². The molecule has 2 rings (SSSR count). The number of methoxy groups -OCH3 is 2. The van der Waals surface area contributed by atoms with Crippen LogP contribution in [0.2, 0.25) is 0 Å². The summed E-state index contributed by atoms with van der Waals surface area (Å²) in [6.07, 6.45) is 0.120. The molecular weight excluding hydrogens is 308 g/mol. The first kappa shape index (κ1) is 17.8. The molecule has 0 spiro atoms. The van der Waals surface area contributed by atoms with Crippen molar-refractivity contribution in [2.75, 3.05) is 14.2 Å². The van der Waals surface area contributed by atoms with Crippen LogP contribution in [-0.2, 0) is 11.3 Å². The number of carbonyl (C=O) groups is 1. The van der Waals surface area contributed by atoms with Gasteiger partial charge in [-0.15, -0.1) is 0 Å². The van der Waals surface area contributed by atoms with Gasteiger partial charge in [0.15, 0.2) is 11.5 Å². The zero-order valence-electron chi connectivity index (χ0n) is 14.1. The van der Waals surface area contributed by atoms with E-state index >= 15 is 0 Å². The van der Waals surface area contributed by atoms with Crippen molar-refractivity contribution in [3.63, 3.8) is 0 Å². The highest BCUT2D eigenvalue weighted by Gasteiger charge is 2.11. The Kier molecular flexibility index (Phi) is 6.21. The number of aliphatic hydroxyl groups is 1. The molecule has 2 aromatic rings. The molecule has 5 heteroatoms. The van der Waals surface area contributed by atoms with Crippen molar-refractivity contribution in [1.82, 2.24) is 0 Å². The van der Waals surface area contributed by atoms with Gasteiger partial charge in [-0.2, -0.15) is 0 Å². The van der Waals surface area contributed by atoms with E-state index in [0.29, 0.717) is 30.1 Å². The molecule has 0 bridgehead atoms. The third kappa shape index (κ3) is 4.26. The third-order valence-electron chi connectivity index (χ3n) is 3.73. The van der Waals surface area contributed by atoms with E-state index in [1.54, 1.807) is 31.4 Å². The Balaban J connectivity index is 2.07. The van der Waals surface area contributed by atoms with Gasteiger partial charge in [0, 0.05) is 0 Å². The lowest BCUT2D eigenvalue weighted by Crippen LogP contribution is -2.03. The maximum atomic E-state index is 11.4. The molecule has 2 aromatic carbocycles. The number of hydrogen-bond donors (Lipinski definition) is 1. The zero-order chi connectivity index (χ0) is 17.5. The summed E-state index contributed by atoms with van der Waals surface area (Å²) in [5.41, 5.74) is 2.21. The molecule has 0 unspecified atom stereocenters. The predicted octanol–water partition coefficient (Wildman–Crippen LogP) is 3.50. The molecule has 0 heterocycles. The number of carbonyl (C=O) groups excluding carboxylic acids is 1. The average Bonchev–Trinajstić information content (AvgIpc) is 2.65. The standard InChI is InChI=1S/C19H22O5/c1-4-16(20)15-9-10-17(18(11-15)22-2)24-12-13-5-7-14(8-6-13)19(21)23-3/h5-11,16,20H,4,12H2,1-3H3/t16-/m1/s1. The van der Waals surface area contributed by atoms with Gasteiger partial charge in [-0.05, 0) is 41.8 Å². The summed E-state index contributed by atoms with van der Waals surface area (Å²) in [5, 5.41) is 9.91. The summed E-state index contributed by atoms with van der Waals surface area (Å²) >= 11 is 0. The van der Waals surface area contributed by atoms with E-state index in [0.717, 1.165) is 11.1 Å². The summed E-state index contributed by atoms with van der Waals surface area (Å²) in [7, 11) is 2.92. The number of hydrogen-bond acceptors (Lipinski definition) is 5. The van der Waals surface area contributed by atoms with Gasteiger partial charge in [-0.3, -0.25) is 0 Å². The molecule has 0 aromatic heterocycles. The largest absolute Gasteiger partial charge is 0.493 e. The highest BCUT2D eigenvalue weighted by molar-refractivity contribution is 5.89. The third-order valence-corrected chi connectivity index (χ3v) is 3.73. The van der Waals surface area contributed by atoms with Gasteiger partial charge in [-0.1, -0.05) is 25.1 Å². The van der Waals surface area contributed by atoms with Crippen molar-refractivity contribution < 1.29 is 24.1 Å². The first-order valence-electron chi connectivity index (χ1n) is 7.75. The first-order chi connectivity index (χ1) is 11.6. The Labute approximate surface area is 141 Å². The lowest BCUT2D eigenvalue weighted by atomic mass is 10.1. The van der Waals surface area contributed by atoms with Gasteiger partial charge in [0.25, 0.3) is 0 Å². The lowest BCUT2D eigenvalue weighted by Gasteiger charge is -2.14. The summed E-state index contributed by atoms with van der Waals surface area (Å²) < 4.78 is 15.8. The Hall–Kier alpha value is -2.53. The van der Waals surface area contributed by atoms with Crippen molar-refractivity contribution in [1.29, 1.82) is 0 Å². The normalized spacial score (nSPS) is 11.7. The topological polar surface area (TPSA) is 65.0 Å². The minimum Gasteiger partial charge on any atom is -0.493 e. The molecule has 5 nitrogen and oxygen atoms in total. The molecular formula is C19H22O5. The van der Waals surface area contributed by atoms with Gasteiger partial charge in [0.05, 0.1) is 25.9 Å². The average molecular weight is 330 g/mol. The number of rotatable bonds is 7. The fourth-order valence-electron chi connectivity index (χ4n) is 2.26. The lowest BCUT2D eigenvalue weighted by molar-refractivity contribution is 0.0600. The maximum absolute atomic E-state index is 11.4. The van der Waals surface area contributed by atoms with Gasteiger partial charge in [0.1, 0.15) is 6.61 Å². The smallest absolute Gasteiger partial charge is 0.337 e. The predicted molar refractivity (Wildman–Crippen MR) is 90.4 cm³/mol. The second-order valence-corrected chi connectivity index (χ2v) is 5.31. The molecule has 1 N–H and O–H groups in total. The van der Waals surface area contributed by atoms with Crippen molar-refractivity contribution in [2.45, 2.75) is 26.1 Å². The number of aliphatic hydroxyl groups excluding tert-OH is 1. The second kappa shape index (κ2) is 8.36. The summed E-state index contributed by atoms with van der Waals surface area (Å²) in [5.74, 6) is 0.807. The van der Waals surface area contributed by atoms with Crippen LogP contribution >= 0.6 is 0 Å². The van der Waals surface area contributed by atoms with Crippen molar-refractivity contribution in [3.8, 4) is 11.5 Å². The van der Waals surface area contributed by atoms with Crippen molar-refractivity contribution >= 4 is 5.97 Å². The van der Waals surface area contributed by atoms with Crippen molar-refractivity contribution in [3.05, 3.63) is 59.2 Å². The van der Waals surface area contributed by atoms with Crippen LogP contribution in [0.25, 0.3) is 0 Å². The Morgan fingerprint density at radius 2 is 1.79 bits per heavy atom.